The molecule has 0 spiro atoms. The fraction of sp³-hybridized carbons (Fsp3) is 0. The topological polar surface area (TPSA) is 75.6 Å². The monoisotopic (exact) mass is 368 g/mol. The Kier molecular flexibility index (Phi) is 4.04. The van der Waals surface area contributed by atoms with Crippen LogP contribution >= 0.6 is 15.9 Å². The van der Waals surface area contributed by atoms with Gasteiger partial charge >= 0.3 is 0 Å². The Labute approximate surface area is 140 Å². The van der Waals surface area contributed by atoms with Gasteiger partial charge < -0.3 is 5.73 Å². The van der Waals surface area contributed by atoms with Crippen LogP contribution in [-0.2, 0) is 0 Å². The number of halogens is 2. The van der Waals surface area contributed by atoms with Crippen LogP contribution in [0.4, 0.5) is 10.2 Å². The summed E-state index contributed by atoms with van der Waals surface area (Å²) in [6.45, 7) is 0. The van der Waals surface area contributed by atoms with E-state index in [-0.39, 0.29) is 16.9 Å². The average Bonchev–Trinajstić information content (AvgIpc) is 2.55. The number of aromatic nitrogens is 2. The standard InChI is InChI=1S/C17H10BrFN4/c18-10-4-5-11(14(19)7-10)12-8-16(15-3-1-2-6-22-15)23-17(21)13(12)9-20/h1-8H,(H2,21,23). The Morgan fingerprint density at radius 3 is 2.57 bits per heavy atom. The fourth-order valence-electron chi connectivity index (χ4n) is 2.25. The zero-order valence-corrected chi connectivity index (χ0v) is 13.4. The molecule has 0 saturated heterocycles. The summed E-state index contributed by atoms with van der Waals surface area (Å²) in [5.41, 5.74) is 7.81. The first kappa shape index (κ1) is 15.1. The molecule has 3 rings (SSSR count). The average molecular weight is 369 g/mol. The van der Waals surface area contributed by atoms with Crippen LogP contribution in [0.15, 0.2) is 53.1 Å². The maximum absolute atomic E-state index is 14.3. The second kappa shape index (κ2) is 6.15. The van der Waals surface area contributed by atoms with Crippen molar-refractivity contribution in [1.29, 1.82) is 5.26 Å². The summed E-state index contributed by atoms with van der Waals surface area (Å²) in [5, 5.41) is 9.35. The van der Waals surface area contributed by atoms with Gasteiger partial charge in [0.05, 0.1) is 11.4 Å². The van der Waals surface area contributed by atoms with Crippen molar-refractivity contribution in [1.82, 2.24) is 9.97 Å². The molecule has 3 aromatic rings. The van der Waals surface area contributed by atoms with E-state index in [1.54, 1.807) is 36.5 Å². The third kappa shape index (κ3) is 2.91. The lowest BCUT2D eigenvalue weighted by atomic mass is 9.99. The molecule has 4 nitrogen and oxygen atoms in total. The van der Waals surface area contributed by atoms with Gasteiger partial charge in [-0.1, -0.05) is 28.1 Å². The van der Waals surface area contributed by atoms with Gasteiger partial charge in [-0.05, 0) is 30.3 Å². The van der Waals surface area contributed by atoms with Gasteiger partial charge in [-0.25, -0.2) is 9.37 Å². The summed E-state index contributed by atoms with van der Waals surface area (Å²) in [7, 11) is 0. The Hall–Kier alpha value is -2.78. The maximum atomic E-state index is 14.3. The normalized spacial score (nSPS) is 10.3. The first-order valence-electron chi connectivity index (χ1n) is 6.67. The van der Waals surface area contributed by atoms with Gasteiger partial charge in [0.25, 0.3) is 0 Å². The molecule has 0 aliphatic heterocycles. The number of nitrogens with two attached hydrogens (primary N) is 1. The molecule has 23 heavy (non-hydrogen) atoms. The van der Waals surface area contributed by atoms with Crippen molar-refractivity contribution in [2.75, 3.05) is 5.73 Å². The molecule has 0 fully saturated rings. The Morgan fingerprint density at radius 1 is 1.09 bits per heavy atom. The molecule has 6 heteroatoms. The highest BCUT2D eigenvalue weighted by Gasteiger charge is 2.16. The molecule has 0 atom stereocenters. The smallest absolute Gasteiger partial charge is 0.142 e. The molecule has 112 valence electrons. The quantitative estimate of drug-likeness (QED) is 0.736. The van der Waals surface area contributed by atoms with E-state index in [0.717, 1.165) is 0 Å². The van der Waals surface area contributed by atoms with Crippen molar-refractivity contribution < 1.29 is 4.39 Å². The second-order valence-corrected chi connectivity index (χ2v) is 5.68. The van der Waals surface area contributed by atoms with E-state index in [2.05, 4.69) is 25.9 Å². The van der Waals surface area contributed by atoms with Gasteiger partial charge in [-0.15, -0.1) is 0 Å². The first-order chi connectivity index (χ1) is 11.1. The minimum atomic E-state index is -0.451. The van der Waals surface area contributed by atoms with E-state index in [1.165, 1.54) is 6.07 Å². The third-order valence-electron chi connectivity index (χ3n) is 3.31. The molecule has 2 N–H and O–H groups in total. The van der Waals surface area contributed by atoms with Crippen molar-refractivity contribution >= 4 is 21.7 Å². The number of nitrogen functional groups attached to an aromatic ring is 1. The minimum absolute atomic E-state index is 0.0490. The molecule has 0 aliphatic rings. The number of nitrogens with zero attached hydrogens (tertiary/aromatic N) is 3. The molecule has 0 radical (unpaired) electrons. The van der Waals surface area contributed by atoms with E-state index >= 15 is 0 Å². The van der Waals surface area contributed by atoms with Gasteiger partial charge in [0, 0.05) is 21.8 Å². The molecular formula is C17H10BrFN4. The van der Waals surface area contributed by atoms with Crippen molar-refractivity contribution in [2.45, 2.75) is 0 Å². The van der Waals surface area contributed by atoms with Crippen molar-refractivity contribution in [3.05, 3.63) is 64.5 Å². The number of hydrogen-bond donors (Lipinski definition) is 1. The van der Waals surface area contributed by atoms with Gasteiger partial charge in [-0.2, -0.15) is 5.26 Å². The van der Waals surface area contributed by atoms with Crippen LogP contribution in [0.5, 0.6) is 0 Å². The summed E-state index contributed by atoms with van der Waals surface area (Å²) >= 11 is 3.22. The van der Waals surface area contributed by atoms with Crippen LogP contribution in [0, 0.1) is 17.1 Å². The van der Waals surface area contributed by atoms with Crippen molar-refractivity contribution in [3.8, 4) is 28.6 Å². The van der Waals surface area contributed by atoms with Gasteiger partial charge in [0.1, 0.15) is 23.3 Å². The summed E-state index contributed by atoms with van der Waals surface area (Å²) in [6, 6.07) is 13.6. The number of rotatable bonds is 2. The number of benzene rings is 1. The molecule has 0 saturated carbocycles. The molecule has 0 bridgehead atoms. The van der Waals surface area contributed by atoms with Gasteiger partial charge in [-0.3, -0.25) is 4.98 Å². The molecular weight excluding hydrogens is 359 g/mol. The Bertz CT molecular complexity index is 920. The number of pyridine rings is 2. The van der Waals surface area contributed by atoms with Crippen LogP contribution in [0.1, 0.15) is 5.56 Å². The molecule has 0 amide bonds. The van der Waals surface area contributed by atoms with E-state index < -0.39 is 5.82 Å². The SMILES string of the molecule is N#Cc1c(-c2ccc(Br)cc2F)cc(-c2ccccn2)nc1N. The fourth-order valence-corrected chi connectivity index (χ4v) is 2.58. The van der Waals surface area contributed by atoms with Crippen LogP contribution in [0.3, 0.4) is 0 Å². The lowest BCUT2D eigenvalue weighted by molar-refractivity contribution is 0.630. The van der Waals surface area contributed by atoms with Crippen LogP contribution < -0.4 is 5.73 Å². The van der Waals surface area contributed by atoms with Gasteiger partial charge in [0.15, 0.2) is 0 Å². The summed E-state index contributed by atoms with van der Waals surface area (Å²) < 4.78 is 14.9. The minimum Gasteiger partial charge on any atom is -0.383 e. The molecule has 0 aliphatic carbocycles. The zero-order chi connectivity index (χ0) is 16.4. The van der Waals surface area contributed by atoms with E-state index in [9.17, 15) is 9.65 Å². The highest BCUT2D eigenvalue weighted by molar-refractivity contribution is 9.10. The van der Waals surface area contributed by atoms with Crippen LogP contribution in [0.2, 0.25) is 0 Å². The Morgan fingerprint density at radius 2 is 1.91 bits per heavy atom. The lowest BCUT2D eigenvalue weighted by Crippen LogP contribution is -2.01. The van der Waals surface area contributed by atoms with Crippen molar-refractivity contribution in [3.63, 3.8) is 0 Å². The van der Waals surface area contributed by atoms with Gasteiger partial charge in [0.2, 0.25) is 0 Å². The number of nitriles is 1. The summed E-state index contributed by atoms with van der Waals surface area (Å²) in [4.78, 5) is 8.42. The largest absolute Gasteiger partial charge is 0.383 e. The highest BCUT2D eigenvalue weighted by atomic mass is 79.9. The zero-order valence-electron chi connectivity index (χ0n) is 11.8. The second-order valence-electron chi connectivity index (χ2n) is 4.77. The molecule has 0 unspecified atom stereocenters. The lowest BCUT2D eigenvalue weighted by Gasteiger charge is -2.10. The summed E-state index contributed by atoms with van der Waals surface area (Å²) in [6.07, 6.45) is 1.63. The van der Waals surface area contributed by atoms with E-state index in [0.29, 0.717) is 21.4 Å². The maximum Gasteiger partial charge on any atom is 0.142 e. The van der Waals surface area contributed by atoms with Crippen molar-refractivity contribution in [2.24, 2.45) is 0 Å². The van der Waals surface area contributed by atoms with Crippen LogP contribution in [0.25, 0.3) is 22.5 Å². The highest BCUT2D eigenvalue weighted by Crippen LogP contribution is 2.33. The van der Waals surface area contributed by atoms with E-state index in [4.69, 9.17) is 5.73 Å². The molecule has 2 aromatic heterocycles. The third-order valence-corrected chi connectivity index (χ3v) is 3.80. The predicted octanol–water partition coefficient (Wildman–Crippen LogP) is 4.17. The summed E-state index contributed by atoms with van der Waals surface area (Å²) in [5.74, 6) is -0.401. The van der Waals surface area contributed by atoms with Crippen LogP contribution in [-0.4, -0.2) is 9.97 Å². The number of hydrogen-bond acceptors (Lipinski definition) is 4. The Balaban J connectivity index is 2.27. The van der Waals surface area contributed by atoms with E-state index in [1.807, 2.05) is 12.1 Å². The molecule has 2 heterocycles. The number of anilines is 1. The molecule has 1 aromatic carbocycles. The predicted molar refractivity (Wildman–Crippen MR) is 89.7 cm³/mol. The first-order valence-corrected chi connectivity index (χ1v) is 7.47.